The zero-order valence-electron chi connectivity index (χ0n) is 12.5. The van der Waals surface area contributed by atoms with Crippen LogP contribution >= 0.6 is 11.3 Å². The molecule has 0 saturated carbocycles. The number of anilines is 1. The molecule has 1 aromatic carbocycles. The summed E-state index contributed by atoms with van der Waals surface area (Å²) in [4.78, 5) is 23.5. The van der Waals surface area contributed by atoms with Crippen LogP contribution in [0.3, 0.4) is 0 Å². The molecule has 3 aromatic rings. The predicted octanol–water partition coefficient (Wildman–Crippen LogP) is 2.47. The van der Waals surface area contributed by atoms with E-state index in [-0.39, 0.29) is 33.1 Å². The second kappa shape index (κ2) is 6.36. The van der Waals surface area contributed by atoms with E-state index in [2.05, 4.69) is 25.9 Å². The molecule has 0 fully saturated rings. The maximum atomic E-state index is 14.2. The van der Waals surface area contributed by atoms with Crippen LogP contribution in [0.25, 0.3) is 11.1 Å². The maximum absolute atomic E-state index is 14.2. The van der Waals surface area contributed by atoms with E-state index >= 15 is 0 Å². The van der Waals surface area contributed by atoms with Gasteiger partial charge in [-0.2, -0.15) is 5.21 Å². The molecule has 1 amide bonds. The van der Waals surface area contributed by atoms with Gasteiger partial charge in [0.2, 0.25) is 0 Å². The number of aromatic carboxylic acids is 1. The predicted molar refractivity (Wildman–Crippen MR) is 83.5 cm³/mol. The number of nitrogens with one attached hydrogen (secondary N) is 2. The highest BCUT2D eigenvalue weighted by Crippen LogP contribution is 2.37. The number of hydrogen-bond acceptors (Lipinski definition) is 6. The van der Waals surface area contributed by atoms with Crippen LogP contribution in [0.5, 0.6) is 0 Å². The second-order valence-electron chi connectivity index (χ2n) is 4.91. The zero-order valence-corrected chi connectivity index (χ0v) is 13.3. The molecule has 0 aliphatic rings. The highest BCUT2D eigenvalue weighted by Gasteiger charge is 2.25. The van der Waals surface area contributed by atoms with E-state index in [1.807, 2.05) is 0 Å². The van der Waals surface area contributed by atoms with Crippen molar-refractivity contribution < 1.29 is 23.5 Å². The van der Waals surface area contributed by atoms with Crippen molar-refractivity contribution in [3.05, 3.63) is 46.1 Å². The van der Waals surface area contributed by atoms with Crippen molar-refractivity contribution in [2.24, 2.45) is 0 Å². The summed E-state index contributed by atoms with van der Waals surface area (Å²) in [6.45, 7) is 1.39. The number of halogens is 2. The summed E-state index contributed by atoms with van der Waals surface area (Å²) in [7, 11) is 0. The minimum Gasteiger partial charge on any atom is -0.478 e. The molecule has 2 heterocycles. The molecule has 0 bridgehead atoms. The number of thiophene rings is 1. The third kappa shape index (κ3) is 2.96. The van der Waals surface area contributed by atoms with Crippen LogP contribution in [0.15, 0.2) is 17.5 Å². The molecular weight excluding hydrogens is 356 g/mol. The lowest BCUT2D eigenvalue weighted by atomic mass is 10.0. The average molecular weight is 365 g/mol. The highest BCUT2D eigenvalue weighted by molar-refractivity contribution is 7.15. The fraction of sp³-hybridized carbons (Fsp3) is 0.0714. The number of carbonyl (C=O) groups excluding carboxylic acids is 1. The van der Waals surface area contributed by atoms with Gasteiger partial charge in [0.05, 0.1) is 0 Å². The number of nitrogens with zero attached hydrogens (tertiary/aromatic N) is 3. The van der Waals surface area contributed by atoms with Gasteiger partial charge in [0.25, 0.3) is 11.7 Å². The Hall–Kier alpha value is -3.21. The molecule has 0 aliphatic heterocycles. The lowest BCUT2D eigenvalue weighted by molar-refractivity contribution is 0.0699. The van der Waals surface area contributed by atoms with Crippen LogP contribution in [0.2, 0.25) is 0 Å². The van der Waals surface area contributed by atoms with Gasteiger partial charge >= 0.3 is 5.97 Å². The number of amides is 1. The summed E-state index contributed by atoms with van der Waals surface area (Å²) in [6, 6.07) is 2.63. The summed E-state index contributed by atoms with van der Waals surface area (Å²) in [6.07, 6.45) is 0. The van der Waals surface area contributed by atoms with Gasteiger partial charge in [-0.1, -0.05) is 12.1 Å². The Morgan fingerprint density at radius 1 is 1.24 bits per heavy atom. The van der Waals surface area contributed by atoms with Crippen molar-refractivity contribution in [1.29, 1.82) is 0 Å². The van der Waals surface area contributed by atoms with Gasteiger partial charge in [-0.25, -0.2) is 13.6 Å². The van der Waals surface area contributed by atoms with Crippen LogP contribution in [0, 0.1) is 18.6 Å². The molecular formula is C14H9F2N5O3S. The Morgan fingerprint density at radius 2 is 2.00 bits per heavy atom. The number of rotatable bonds is 4. The average Bonchev–Trinajstić information content (AvgIpc) is 3.22. The highest BCUT2D eigenvalue weighted by atomic mass is 32.1. The van der Waals surface area contributed by atoms with Gasteiger partial charge in [0, 0.05) is 16.5 Å². The number of aromatic nitrogens is 4. The lowest BCUT2D eigenvalue weighted by Crippen LogP contribution is -2.15. The van der Waals surface area contributed by atoms with E-state index in [0.29, 0.717) is 0 Å². The first kappa shape index (κ1) is 16.6. The van der Waals surface area contributed by atoms with Crippen LogP contribution in [0.1, 0.15) is 26.5 Å². The number of aryl methyl sites for hydroxylation is 1. The smallest absolute Gasteiger partial charge is 0.339 e. The normalized spacial score (nSPS) is 10.7. The molecule has 128 valence electrons. The second-order valence-corrected chi connectivity index (χ2v) is 5.79. The standard InChI is InChI=1S/C14H9F2N5O3S/c1-5-2-3-6(10(16)9(5)15)7-4-25-13(8(7)14(23)24)17-12(22)11-18-20-21-19-11/h2-4H,1H3,(H,17,22)(H,23,24)(H,18,19,20,21). The van der Waals surface area contributed by atoms with E-state index in [1.54, 1.807) is 0 Å². The molecule has 2 aromatic heterocycles. The van der Waals surface area contributed by atoms with Crippen molar-refractivity contribution in [1.82, 2.24) is 20.6 Å². The lowest BCUT2D eigenvalue weighted by Gasteiger charge is -2.07. The molecule has 0 spiro atoms. The summed E-state index contributed by atoms with van der Waals surface area (Å²) in [5.74, 6) is -4.70. The molecule has 3 N–H and O–H groups in total. The first-order valence-corrected chi connectivity index (χ1v) is 7.62. The molecule has 25 heavy (non-hydrogen) atoms. The Kier molecular flexibility index (Phi) is 4.23. The molecule has 3 rings (SSSR count). The van der Waals surface area contributed by atoms with E-state index < -0.39 is 23.5 Å². The van der Waals surface area contributed by atoms with Gasteiger partial charge in [0.15, 0.2) is 11.6 Å². The molecule has 0 saturated heterocycles. The number of hydrogen-bond donors (Lipinski definition) is 3. The molecule has 0 unspecified atom stereocenters. The number of benzene rings is 1. The minimum atomic E-state index is -1.40. The third-order valence-corrected chi connectivity index (χ3v) is 4.24. The Labute approximate surface area is 142 Å². The molecule has 11 heteroatoms. The SMILES string of the molecule is Cc1ccc(-c2csc(NC(=O)c3nn[nH]n3)c2C(=O)O)c(F)c1F. The van der Waals surface area contributed by atoms with Crippen LogP contribution in [-0.2, 0) is 0 Å². The van der Waals surface area contributed by atoms with Gasteiger partial charge in [-0.15, -0.1) is 21.5 Å². The first-order valence-electron chi connectivity index (χ1n) is 6.74. The number of carbonyl (C=O) groups is 2. The van der Waals surface area contributed by atoms with Gasteiger partial charge in [-0.3, -0.25) is 4.79 Å². The fourth-order valence-electron chi connectivity index (χ4n) is 2.13. The van der Waals surface area contributed by atoms with Gasteiger partial charge in [0.1, 0.15) is 10.6 Å². The van der Waals surface area contributed by atoms with E-state index in [1.165, 1.54) is 24.4 Å². The number of H-pyrrole nitrogens is 1. The topological polar surface area (TPSA) is 121 Å². The van der Waals surface area contributed by atoms with E-state index in [4.69, 9.17) is 0 Å². The van der Waals surface area contributed by atoms with Crippen molar-refractivity contribution in [2.45, 2.75) is 6.92 Å². The summed E-state index contributed by atoms with van der Waals surface area (Å²) >= 11 is 0.856. The summed E-state index contributed by atoms with van der Waals surface area (Å²) in [5.41, 5.74) is -0.517. The van der Waals surface area contributed by atoms with Crippen LogP contribution in [0.4, 0.5) is 13.8 Å². The number of carboxylic acid groups (broad SMARTS) is 1. The zero-order chi connectivity index (χ0) is 18.1. The van der Waals surface area contributed by atoms with Gasteiger partial charge in [-0.05, 0) is 17.7 Å². The van der Waals surface area contributed by atoms with Crippen molar-refractivity contribution in [3.63, 3.8) is 0 Å². The monoisotopic (exact) mass is 365 g/mol. The van der Waals surface area contributed by atoms with Crippen molar-refractivity contribution in [2.75, 3.05) is 5.32 Å². The van der Waals surface area contributed by atoms with E-state index in [9.17, 15) is 23.5 Å². The van der Waals surface area contributed by atoms with E-state index in [0.717, 1.165) is 11.3 Å². The molecule has 0 atom stereocenters. The maximum Gasteiger partial charge on any atom is 0.339 e. The third-order valence-electron chi connectivity index (χ3n) is 3.35. The van der Waals surface area contributed by atoms with Crippen LogP contribution in [-0.4, -0.2) is 37.6 Å². The van der Waals surface area contributed by atoms with Crippen LogP contribution < -0.4 is 5.32 Å². The minimum absolute atomic E-state index is 0.0442. The first-order chi connectivity index (χ1) is 11.9. The van der Waals surface area contributed by atoms with Gasteiger partial charge < -0.3 is 10.4 Å². The number of aromatic amines is 1. The fourth-order valence-corrected chi connectivity index (χ4v) is 3.08. The van der Waals surface area contributed by atoms with Crippen molar-refractivity contribution >= 4 is 28.2 Å². The Balaban J connectivity index is 2.05. The Bertz CT molecular complexity index is 971. The number of carboxylic acids is 1. The molecule has 0 aliphatic carbocycles. The number of tetrazole rings is 1. The quantitative estimate of drug-likeness (QED) is 0.653. The molecule has 8 nitrogen and oxygen atoms in total. The summed E-state index contributed by atoms with van der Waals surface area (Å²) < 4.78 is 28.0. The van der Waals surface area contributed by atoms with Crippen molar-refractivity contribution in [3.8, 4) is 11.1 Å². The largest absolute Gasteiger partial charge is 0.478 e. The Morgan fingerprint density at radius 3 is 2.64 bits per heavy atom. The molecule has 0 radical (unpaired) electrons. The summed E-state index contributed by atoms with van der Waals surface area (Å²) in [5, 5.41) is 25.3.